The molecule has 0 fully saturated rings. The number of thiophene rings is 1. The second-order valence-electron chi connectivity index (χ2n) is 7.91. The van der Waals surface area contributed by atoms with Crippen LogP contribution >= 0.6 is 11.3 Å². The van der Waals surface area contributed by atoms with Gasteiger partial charge in [-0.3, -0.25) is 4.79 Å². The lowest BCUT2D eigenvalue weighted by Crippen LogP contribution is -2.18. The van der Waals surface area contributed by atoms with E-state index in [9.17, 15) is 9.59 Å². The highest BCUT2D eigenvalue weighted by molar-refractivity contribution is 7.17. The minimum absolute atomic E-state index is 0.0916. The number of esters is 1. The highest BCUT2D eigenvalue weighted by Gasteiger charge is 2.29. The Kier molecular flexibility index (Phi) is 6.96. The van der Waals surface area contributed by atoms with Gasteiger partial charge in [0.2, 0.25) is 5.91 Å². The summed E-state index contributed by atoms with van der Waals surface area (Å²) in [6.45, 7) is 5.90. The molecule has 0 bridgehead atoms. The van der Waals surface area contributed by atoms with Gasteiger partial charge in [0.1, 0.15) is 10.8 Å². The van der Waals surface area contributed by atoms with Gasteiger partial charge in [-0.25, -0.2) is 4.79 Å². The predicted molar refractivity (Wildman–Crippen MR) is 116 cm³/mol. The molecule has 0 spiro atoms. The fraction of sp³-hybridized carbons (Fsp3) is 0.478. The van der Waals surface area contributed by atoms with Crippen molar-refractivity contribution in [3.63, 3.8) is 0 Å². The van der Waals surface area contributed by atoms with Crippen LogP contribution in [0.5, 0.6) is 5.75 Å². The van der Waals surface area contributed by atoms with Crippen LogP contribution in [0.15, 0.2) is 24.3 Å². The molecule has 5 nitrogen and oxygen atoms in total. The van der Waals surface area contributed by atoms with E-state index in [-0.39, 0.29) is 18.0 Å². The Labute approximate surface area is 176 Å². The quantitative estimate of drug-likeness (QED) is 0.645. The van der Waals surface area contributed by atoms with Gasteiger partial charge in [-0.05, 0) is 68.7 Å². The first-order valence-corrected chi connectivity index (χ1v) is 11.0. The smallest absolute Gasteiger partial charge is 0.341 e. The van der Waals surface area contributed by atoms with Crippen LogP contribution < -0.4 is 10.1 Å². The SMILES string of the molecule is COc1ccc(CCC(=O)Nc2sc3c(c2C(=O)OC(C)C)CCC(C)C3)cc1. The van der Waals surface area contributed by atoms with E-state index >= 15 is 0 Å². The topological polar surface area (TPSA) is 64.6 Å². The summed E-state index contributed by atoms with van der Waals surface area (Å²) in [6, 6.07) is 7.70. The van der Waals surface area contributed by atoms with Gasteiger partial charge >= 0.3 is 5.97 Å². The third-order valence-corrected chi connectivity index (χ3v) is 6.28. The maximum Gasteiger partial charge on any atom is 0.341 e. The molecule has 1 atom stereocenters. The lowest BCUT2D eigenvalue weighted by molar-refractivity contribution is -0.116. The van der Waals surface area contributed by atoms with E-state index in [1.807, 2.05) is 38.1 Å². The van der Waals surface area contributed by atoms with Crippen molar-refractivity contribution in [2.24, 2.45) is 5.92 Å². The number of hydrogen-bond donors (Lipinski definition) is 1. The summed E-state index contributed by atoms with van der Waals surface area (Å²) >= 11 is 1.53. The molecular formula is C23H29NO4S. The van der Waals surface area contributed by atoms with Crippen LogP contribution in [0, 0.1) is 5.92 Å². The molecule has 0 radical (unpaired) electrons. The highest BCUT2D eigenvalue weighted by Crippen LogP contribution is 2.40. The Balaban J connectivity index is 1.72. The Hall–Kier alpha value is -2.34. The van der Waals surface area contributed by atoms with E-state index < -0.39 is 0 Å². The summed E-state index contributed by atoms with van der Waals surface area (Å²) in [7, 11) is 1.63. The van der Waals surface area contributed by atoms with E-state index in [4.69, 9.17) is 9.47 Å². The molecule has 2 aromatic rings. The van der Waals surface area contributed by atoms with Crippen molar-refractivity contribution in [1.29, 1.82) is 0 Å². The largest absolute Gasteiger partial charge is 0.497 e. The molecule has 6 heteroatoms. The van der Waals surface area contributed by atoms with Crippen molar-refractivity contribution in [1.82, 2.24) is 0 Å². The van der Waals surface area contributed by atoms with Crippen LogP contribution in [0.4, 0.5) is 5.00 Å². The van der Waals surface area contributed by atoms with Crippen molar-refractivity contribution in [2.75, 3.05) is 12.4 Å². The molecule has 156 valence electrons. The number of aryl methyl sites for hydroxylation is 1. The summed E-state index contributed by atoms with van der Waals surface area (Å²) in [6.07, 6.45) is 3.64. The van der Waals surface area contributed by atoms with Crippen LogP contribution in [-0.2, 0) is 28.8 Å². The van der Waals surface area contributed by atoms with E-state index in [2.05, 4.69) is 12.2 Å². The molecule has 1 N–H and O–H groups in total. The zero-order valence-electron chi connectivity index (χ0n) is 17.5. The number of benzene rings is 1. The van der Waals surface area contributed by atoms with Crippen molar-refractivity contribution in [2.45, 2.75) is 59.0 Å². The highest BCUT2D eigenvalue weighted by atomic mass is 32.1. The van der Waals surface area contributed by atoms with Crippen molar-refractivity contribution < 1.29 is 19.1 Å². The summed E-state index contributed by atoms with van der Waals surface area (Å²) in [4.78, 5) is 26.5. The Morgan fingerprint density at radius 1 is 1.24 bits per heavy atom. The third-order valence-electron chi connectivity index (χ3n) is 5.11. The molecule has 1 aromatic heterocycles. The maximum atomic E-state index is 12.7. The average Bonchev–Trinajstić information content (AvgIpc) is 3.03. The lowest BCUT2D eigenvalue weighted by Gasteiger charge is -2.18. The molecule has 1 aliphatic carbocycles. The molecule has 0 aliphatic heterocycles. The normalized spacial score (nSPS) is 15.7. The van der Waals surface area contributed by atoms with E-state index in [0.717, 1.165) is 36.1 Å². The number of hydrogen-bond acceptors (Lipinski definition) is 5. The zero-order valence-corrected chi connectivity index (χ0v) is 18.4. The predicted octanol–water partition coefficient (Wildman–Crippen LogP) is 5.02. The molecule has 1 heterocycles. The molecule has 1 aliphatic rings. The standard InChI is InChI=1S/C23H29NO4S/c1-14(2)28-23(26)21-18-11-5-15(3)13-19(18)29-22(21)24-20(25)12-8-16-6-9-17(27-4)10-7-16/h6-7,9-10,14-15H,5,8,11-13H2,1-4H3,(H,24,25). The van der Waals surface area contributed by atoms with Gasteiger partial charge < -0.3 is 14.8 Å². The van der Waals surface area contributed by atoms with E-state index in [1.165, 1.54) is 16.2 Å². The van der Waals surface area contributed by atoms with E-state index in [1.54, 1.807) is 7.11 Å². The van der Waals surface area contributed by atoms with Crippen LogP contribution in [0.1, 0.15) is 60.0 Å². The summed E-state index contributed by atoms with van der Waals surface area (Å²) in [5.74, 6) is 0.960. The first kappa shape index (κ1) is 21.4. The molecule has 29 heavy (non-hydrogen) atoms. The number of ether oxygens (including phenoxy) is 2. The average molecular weight is 416 g/mol. The van der Waals surface area contributed by atoms with Crippen molar-refractivity contribution in [3.05, 3.63) is 45.8 Å². The van der Waals surface area contributed by atoms with Crippen molar-refractivity contribution >= 4 is 28.2 Å². The van der Waals surface area contributed by atoms with Gasteiger partial charge in [0.25, 0.3) is 0 Å². The molecule has 3 rings (SSSR count). The minimum atomic E-state index is -0.336. The number of nitrogens with one attached hydrogen (secondary N) is 1. The monoisotopic (exact) mass is 415 g/mol. The first-order valence-electron chi connectivity index (χ1n) is 10.2. The van der Waals surface area contributed by atoms with Gasteiger partial charge in [0.15, 0.2) is 0 Å². The molecule has 0 saturated heterocycles. The van der Waals surface area contributed by atoms with Crippen LogP contribution in [0.3, 0.4) is 0 Å². The Morgan fingerprint density at radius 3 is 2.62 bits per heavy atom. The maximum absolute atomic E-state index is 12.7. The Morgan fingerprint density at radius 2 is 1.97 bits per heavy atom. The van der Waals surface area contributed by atoms with Crippen LogP contribution in [0.2, 0.25) is 0 Å². The fourth-order valence-electron chi connectivity index (χ4n) is 3.57. The van der Waals surface area contributed by atoms with Crippen LogP contribution in [-0.4, -0.2) is 25.1 Å². The van der Waals surface area contributed by atoms with E-state index in [0.29, 0.717) is 29.3 Å². The fourth-order valence-corrected chi connectivity index (χ4v) is 4.98. The van der Waals surface area contributed by atoms with Gasteiger partial charge in [0, 0.05) is 11.3 Å². The number of methoxy groups -OCH3 is 1. The number of carbonyl (C=O) groups excluding carboxylic acids is 2. The number of fused-ring (bicyclic) bond motifs is 1. The zero-order chi connectivity index (χ0) is 21.0. The van der Waals surface area contributed by atoms with Crippen LogP contribution in [0.25, 0.3) is 0 Å². The molecule has 1 aromatic carbocycles. The second kappa shape index (κ2) is 9.44. The summed E-state index contributed by atoms with van der Waals surface area (Å²) < 4.78 is 10.6. The first-order chi connectivity index (χ1) is 13.9. The van der Waals surface area contributed by atoms with Crippen molar-refractivity contribution in [3.8, 4) is 5.75 Å². The molecule has 0 saturated carbocycles. The molecule has 1 unspecified atom stereocenters. The van der Waals surface area contributed by atoms with Gasteiger partial charge in [-0.15, -0.1) is 11.3 Å². The molecular weight excluding hydrogens is 386 g/mol. The van der Waals surface area contributed by atoms with Gasteiger partial charge in [0.05, 0.1) is 18.8 Å². The van der Waals surface area contributed by atoms with Gasteiger partial charge in [-0.2, -0.15) is 0 Å². The molecule has 1 amide bonds. The van der Waals surface area contributed by atoms with Gasteiger partial charge in [-0.1, -0.05) is 19.1 Å². The number of amides is 1. The lowest BCUT2D eigenvalue weighted by atomic mass is 9.88. The summed E-state index contributed by atoms with van der Waals surface area (Å²) in [5, 5.41) is 3.62. The second-order valence-corrected chi connectivity index (χ2v) is 9.01. The third kappa shape index (κ3) is 5.38. The minimum Gasteiger partial charge on any atom is -0.497 e. The number of carbonyl (C=O) groups is 2. The number of rotatable bonds is 7. The number of anilines is 1. The Bertz CT molecular complexity index is 870. The summed E-state index contributed by atoms with van der Waals surface area (Å²) in [5.41, 5.74) is 2.69.